The lowest BCUT2D eigenvalue weighted by atomic mass is 10.1. The number of hydrogen-bond acceptors (Lipinski definition) is 4. The summed E-state index contributed by atoms with van der Waals surface area (Å²) in [5.41, 5.74) is 7.86. The molecule has 2 aliphatic rings. The van der Waals surface area contributed by atoms with Crippen LogP contribution >= 0.6 is 0 Å². The average Bonchev–Trinajstić information content (AvgIpc) is 2.97. The second-order valence-corrected chi connectivity index (χ2v) is 5.21. The first-order valence-corrected chi connectivity index (χ1v) is 6.50. The second kappa shape index (κ2) is 4.66. The van der Waals surface area contributed by atoms with Crippen molar-refractivity contribution in [2.24, 2.45) is 11.7 Å². The minimum Gasteiger partial charge on any atom is -0.457 e. The molecule has 0 radical (unpaired) electrons. The van der Waals surface area contributed by atoms with Crippen molar-refractivity contribution in [3.63, 3.8) is 0 Å². The zero-order valence-corrected chi connectivity index (χ0v) is 10.5. The number of amides is 1. The third-order valence-electron chi connectivity index (χ3n) is 3.80. The van der Waals surface area contributed by atoms with Crippen LogP contribution < -0.4 is 11.1 Å². The van der Waals surface area contributed by atoms with Crippen molar-refractivity contribution < 1.29 is 14.3 Å². The summed E-state index contributed by atoms with van der Waals surface area (Å²) in [5.74, 6) is -0.358. The van der Waals surface area contributed by atoms with Gasteiger partial charge in [0.15, 0.2) is 0 Å². The van der Waals surface area contributed by atoms with Crippen molar-refractivity contribution in [1.29, 1.82) is 0 Å². The van der Waals surface area contributed by atoms with Crippen LogP contribution in [0.15, 0.2) is 18.2 Å². The number of nitrogens with one attached hydrogen (secondary N) is 1. The van der Waals surface area contributed by atoms with E-state index in [-0.39, 0.29) is 23.8 Å². The van der Waals surface area contributed by atoms with Gasteiger partial charge in [-0.25, -0.2) is 4.79 Å². The summed E-state index contributed by atoms with van der Waals surface area (Å²) in [6.07, 6.45) is 2.47. The van der Waals surface area contributed by atoms with Gasteiger partial charge in [-0.15, -0.1) is 0 Å². The van der Waals surface area contributed by atoms with Gasteiger partial charge in [0.2, 0.25) is 5.91 Å². The number of hydrogen-bond donors (Lipinski definition) is 2. The summed E-state index contributed by atoms with van der Waals surface area (Å²) in [6, 6.07) is 5.42. The summed E-state index contributed by atoms with van der Waals surface area (Å²) in [5, 5.41) is 2.85. The van der Waals surface area contributed by atoms with Crippen LogP contribution in [0.3, 0.4) is 0 Å². The molecule has 1 aromatic rings. The number of rotatable bonds is 2. The third kappa shape index (κ3) is 2.33. The first-order valence-electron chi connectivity index (χ1n) is 6.50. The molecule has 1 amide bonds. The summed E-state index contributed by atoms with van der Waals surface area (Å²) in [7, 11) is 0. The standard InChI is InChI=1S/C14H16N2O3/c15-10-3-1-8(5-10)13(17)16-11-4-2-9-7-19-14(18)12(9)6-11/h2,4,6,8,10H,1,3,5,7,15H2,(H,16,17)/t8-,10+/m1/s1. The molecule has 1 aliphatic heterocycles. The van der Waals surface area contributed by atoms with Crippen LogP contribution in [0.1, 0.15) is 35.2 Å². The number of benzene rings is 1. The number of esters is 1. The van der Waals surface area contributed by atoms with Crippen molar-refractivity contribution in [2.75, 3.05) is 5.32 Å². The highest BCUT2D eigenvalue weighted by Gasteiger charge is 2.28. The molecular weight excluding hydrogens is 244 g/mol. The lowest BCUT2D eigenvalue weighted by Crippen LogP contribution is -2.23. The van der Waals surface area contributed by atoms with Gasteiger partial charge < -0.3 is 15.8 Å². The van der Waals surface area contributed by atoms with Gasteiger partial charge in [0.25, 0.3) is 0 Å². The predicted octanol–water partition coefficient (Wildman–Crippen LogP) is 1.42. The van der Waals surface area contributed by atoms with Crippen LogP contribution in [0.5, 0.6) is 0 Å². The normalized spacial score (nSPS) is 25.0. The Kier molecular flexibility index (Phi) is 2.98. The van der Waals surface area contributed by atoms with E-state index in [0.717, 1.165) is 24.8 Å². The van der Waals surface area contributed by atoms with Gasteiger partial charge in [0.1, 0.15) is 6.61 Å². The van der Waals surface area contributed by atoms with Gasteiger partial charge in [0.05, 0.1) is 5.56 Å². The molecule has 0 saturated heterocycles. The average molecular weight is 260 g/mol. The largest absolute Gasteiger partial charge is 0.457 e. The molecule has 1 saturated carbocycles. The van der Waals surface area contributed by atoms with Gasteiger partial charge >= 0.3 is 5.97 Å². The molecule has 0 bridgehead atoms. The van der Waals surface area contributed by atoms with E-state index in [0.29, 0.717) is 17.9 Å². The molecule has 3 N–H and O–H groups in total. The van der Waals surface area contributed by atoms with Crippen molar-refractivity contribution in [3.8, 4) is 0 Å². The van der Waals surface area contributed by atoms with E-state index in [1.807, 2.05) is 6.07 Å². The smallest absolute Gasteiger partial charge is 0.338 e. The second-order valence-electron chi connectivity index (χ2n) is 5.21. The number of nitrogens with two attached hydrogens (primary N) is 1. The Bertz CT molecular complexity index is 541. The highest BCUT2D eigenvalue weighted by molar-refractivity contribution is 5.97. The first kappa shape index (κ1) is 12.2. The molecule has 1 fully saturated rings. The molecule has 1 heterocycles. The number of carbonyl (C=O) groups is 2. The molecule has 5 nitrogen and oxygen atoms in total. The van der Waals surface area contributed by atoms with Gasteiger partial charge in [-0.3, -0.25) is 4.79 Å². The van der Waals surface area contributed by atoms with E-state index in [4.69, 9.17) is 10.5 Å². The number of carbonyl (C=O) groups excluding carboxylic acids is 2. The molecule has 1 aromatic carbocycles. The quantitative estimate of drug-likeness (QED) is 0.788. The van der Waals surface area contributed by atoms with E-state index in [9.17, 15) is 9.59 Å². The Hall–Kier alpha value is -1.88. The van der Waals surface area contributed by atoms with Crippen molar-refractivity contribution in [2.45, 2.75) is 31.9 Å². The molecule has 2 atom stereocenters. The Balaban J connectivity index is 1.72. The lowest BCUT2D eigenvalue weighted by molar-refractivity contribution is -0.119. The lowest BCUT2D eigenvalue weighted by Gasteiger charge is -2.11. The summed E-state index contributed by atoms with van der Waals surface area (Å²) in [6.45, 7) is 0.319. The molecule has 0 unspecified atom stereocenters. The Labute approximate surface area is 111 Å². The van der Waals surface area contributed by atoms with Crippen LogP contribution in [0.2, 0.25) is 0 Å². The molecule has 3 rings (SSSR count). The highest BCUT2D eigenvalue weighted by Crippen LogP contribution is 2.27. The van der Waals surface area contributed by atoms with Gasteiger partial charge in [-0.1, -0.05) is 6.07 Å². The van der Waals surface area contributed by atoms with Crippen molar-refractivity contribution in [1.82, 2.24) is 0 Å². The summed E-state index contributed by atoms with van der Waals surface area (Å²) >= 11 is 0. The van der Waals surface area contributed by atoms with Gasteiger partial charge in [0, 0.05) is 23.2 Å². The zero-order valence-electron chi connectivity index (χ0n) is 10.5. The van der Waals surface area contributed by atoms with Gasteiger partial charge in [-0.05, 0) is 31.4 Å². The minimum absolute atomic E-state index is 0.0146. The Morgan fingerprint density at radius 3 is 2.95 bits per heavy atom. The summed E-state index contributed by atoms with van der Waals surface area (Å²) < 4.78 is 4.93. The maximum atomic E-state index is 12.1. The maximum absolute atomic E-state index is 12.1. The van der Waals surface area contributed by atoms with E-state index in [1.54, 1.807) is 12.1 Å². The van der Waals surface area contributed by atoms with Crippen molar-refractivity contribution >= 4 is 17.6 Å². The molecule has 1 aliphatic carbocycles. The Morgan fingerprint density at radius 2 is 2.21 bits per heavy atom. The fraction of sp³-hybridized carbons (Fsp3) is 0.429. The summed E-state index contributed by atoms with van der Waals surface area (Å²) in [4.78, 5) is 23.5. The van der Waals surface area contributed by atoms with Gasteiger partial charge in [-0.2, -0.15) is 0 Å². The fourth-order valence-corrected chi connectivity index (χ4v) is 2.69. The number of cyclic esters (lactones) is 1. The molecule has 19 heavy (non-hydrogen) atoms. The maximum Gasteiger partial charge on any atom is 0.338 e. The van der Waals surface area contributed by atoms with E-state index < -0.39 is 0 Å². The molecule has 5 heteroatoms. The zero-order chi connectivity index (χ0) is 13.4. The van der Waals surface area contributed by atoms with Crippen molar-refractivity contribution in [3.05, 3.63) is 29.3 Å². The predicted molar refractivity (Wildman–Crippen MR) is 69.5 cm³/mol. The topological polar surface area (TPSA) is 81.4 Å². The minimum atomic E-state index is -0.325. The fourth-order valence-electron chi connectivity index (χ4n) is 2.69. The SMILES string of the molecule is N[C@H]1CC[C@@H](C(=O)Nc2ccc3c(c2)C(=O)OC3)C1. The van der Waals surface area contributed by atoms with Crippen LogP contribution in [0.4, 0.5) is 5.69 Å². The Morgan fingerprint density at radius 1 is 1.37 bits per heavy atom. The molecule has 0 aromatic heterocycles. The monoisotopic (exact) mass is 260 g/mol. The van der Waals surface area contributed by atoms with E-state index in [2.05, 4.69) is 5.32 Å². The molecule has 0 spiro atoms. The van der Waals surface area contributed by atoms with Crippen LogP contribution in [-0.2, 0) is 16.1 Å². The molecular formula is C14H16N2O3. The molecule has 100 valence electrons. The highest BCUT2D eigenvalue weighted by atomic mass is 16.5. The first-order chi connectivity index (χ1) is 9.13. The third-order valence-corrected chi connectivity index (χ3v) is 3.80. The van der Waals surface area contributed by atoms with Crippen LogP contribution in [0.25, 0.3) is 0 Å². The number of anilines is 1. The van der Waals surface area contributed by atoms with Crippen LogP contribution in [-0.4, -0.2) is 17.9 Å². The van der Waals surface area contributed by atoms with E-state index >= 15 is 0 Å². The number of fused-ring (bicyclic) bond motifs is 1. The van der Waals surface area contributed by atoms with Crippen LogP contribution in [0, 0.1) is 5.92 Å². The number of ether oxygens (including phenoxy) is 1. The van der Waals surface area contributed by atoms with E-state index in [1.165, 1.54) is 0 Å².